The van der Waals surface area contributed by atoms with Crippen molar-refractivity contribution in [3.8, 4) is 0 Å². The van der Waals surface area contributed by atoms with Crippen LogP contribution in [0.3, 0.4) is 0 Å². The van der Waals surface area contributed by atoms with E-state index in [-0.39, 0.29) is 23.8 Å². The molecule has 0 unspecified atom stereocenters. The topological polar surface area (TPSA) is 51.1 Å². The lowest BCUT2D eigenvalue weighted by atomic mass is 10.1. The third-order valence-corrected chi connectivity index (χ3v) is 3.42. The minimum atomic E-state index is -0.390. The molecule has 0 radical (unpaired) electrons. The van der Waals surface area contributed by atoms with Gasteiger partial charge < -0.3 is 9.88 Å². The summed E-state index contributed by atoms with van der Waals surface area (Å²) in [5.41, 5.74) is 0.557. The molecule has 1 aromatic heterocycles. The van der Waals surface area contributed by atoms with Crippen molar-refractivity contribution in [2.75, 3.05) is 6.54 Å². The van der Waals surface area contributed by atoms with Crippen LogP contribution in [0, 0.1) is 5.82 Å². The van der Waals surface area contributed by atoms with Crippen molar-refractivity contribution >= 4 is 17.5 Å². The van der Waals surface area contributed by atoms with E-state index in [1.165, 1.54) is 35.0 Å². The van der Waals surface area contributed by atoms with E-state index < -0.39 is 0 Å². The van der Waals surface area contributed by atoms with Crippen LogP contribution in [0.4, 0.5) is 4.39 Å². The van der Waals surface area contributed by atoms with Crippen LogP contribution in [0.2, 0.25) is 5.02 Å². The number of carbonyl (C=O) groups excluding carboxylic acids is 1. The molecule has 6 heteroatoms. The number of rotatable bonds is 4. The Morgan fingerprint density at radius 2 is 2.10 bits per heavy atom. The minimum absolute atomic E-state index is 0.190. The zero-order chi connectivity index (χ0) is 15.4. The Hall–Kier alpha value is -2.14. The largest absolute Gasteiger partial charge is 0.352 e. The number of amides is 1. The number of hydrogen-bond donors (Lipinski definition) is 1. The fraction of sp³-hybridized carbons (Fsp3) is 0.200. The van der Waals surface area contributed by atoms with Gasteiger partial charge in [0.2, 0.25) is 5.56 Å². The van der Waals surface area contributed by atoms with Crippen molar-refractivity contribution in [3.05, 3.63) is 68.8 Å². The molecular formula is C15H14ClFN2O2. The van der Waals surface area contributed by atoms with E-state index in [4.69, 9.17) is 11.6 Å². The van der Waals surface area contributed by atoms with Crippen LogP contribution in [0.25, 0.3) is 0 Å². The summed E-state index contributed by atoms with van der Waals surface area (Å²) >= 11 is 5.91. The van der Waals surface area contributed by atoms with Crippen LogP contribution in [0.15, 0.2) is 41.3 Å². The van der Waals surface area contributed by atoms with Crippen LogP contribution < -0.4 is 10.9 Å². The Kier molecular flexibility index (Phi) is 4.75. The Labute approximate surface area is 126 Å². The predicted molar refractivity (Wildman–Crippen MR) is 79.1 cm³/mol. The molecule has 0 saturated heterocycles. The number of aromatic nitrogens is 1. The second kappa shape index (κ2) is 6.54. The summed E-state index contributed by atoms with van der Waals surface area (Å²) in [6, 6.07) is 7.24. The van der Waals surface area contributed by atoms with E-state index in [9.17, 15) is 14.0 Å². The predicted octanol–water partition coefficient (Wildman–Crippen LogP) is 2.15. The molecule has 21 heavy (non-hydrogen) atoms. The summed E-state index contributed by atoms with van der Waals surface area (Å²) in [5, 5.41) is 3.01. The van der Waals surface area contributed by atoms with E-state index in [1.807, 2.05) is 0 Å². The third kappa shape index (κ3) is 3.70. The highest BCUT2D eigenvalue weighted by atomic mass is 35.5. The normalized spacial score (nSPS) is 10.4. The summed E-state index contributed by atoms with van der Waals surface area (Å²) in [6.45, 7) is 0.252. The second-order valence-corrected chi connectivity index (χ2v) is 4.98. The van der Waals surface area contributed by atoms with E-state index in [0.717, 1.165) is 0 Å². The van der Waals surface area contributed by atoms with Gasteiger partial charge in [-0.1, -0.05) is 17.7 Å². The molecule has 0 aliphatic rings. The molecule has 1 N–H and O–H groups in total. The zero-order valence-corrected chi connectivity index (χ0v) is 12.2. The third-order valence-electron chi connectivity index (χ3n) is 3.07. The maximum atomic E-state index is 13.6. The van der Waals surface area contributed by atoms with Gasteiger partial charge in [0.05, 0.1) is 5.56 Å². The number of benzene rings is 1. The highest BCUT2D eigenvalue weighted by Gasteiger charge is 2.09. The molecule has 4 nitrogen and oxygen atoms in total. The number of nitrogens with one attached hydrogen (secondary N) is 1. The fourth-order valence-electron chi connectivity index (χ4n) is 1.90. The first-order valence-corrected chi connectivity index (χ1v) is 6.74. The van der Waals surface area contributed by atoms with Gasteiger partial charge in [0.25, 0.3) is 5.91 Å². The Morgan fingerprint density at radius 1 is 1.33 bits per heavy atom. The van der Waals surface area contributed by atoms with Crippen LogP contribution in [-0.4, -0.2) is 17.0 Å². The monoisotopic (exact) mass is 308 g/mol. The molecule has 2 rings (SSSR count). The van der Waals surface area contributed by atoms with Crippen LogP contribution in [0.1, 0.15) is 15.9 Å². The van der Waals surface area contributed by atoms with Gasteiger partial charge in [-0.3, -0.25) is 9.59 Å². The smallest absolute Gasteiger partial charge is 0.252 e. The summed E-state index contributed by atoms with van der Waals surface area (Å²) in [4.78, 5) is 23.2. The average Bonchev–Trinajstić information content (AvgIpc) is 2.45. The molecule has 2 aromatic rings. The number of halogens is 2. The molecule has 1 heterocycles. The molecule has 1 aromatic carbocycles. The molecule has 0 spiro atoms. The lowest BCUT2D eigenvalue weighted by molar-refractivity contribution is 0.0953. The van der Waals surface area contributed by atoms with E-state index in [1.54, 1.807) is 13.1 Å². The van der Waals surface area contributed by atoms with Crippen LogP contribution in [0.5, 0.6) is 0 Å². The highest BCUT2D eigenvalue weighted by Crippen LogP contribution is 2.18. The van der Waals surface area contributed by atoms with Crippen molar-refractivity contribution in [1.82, 2.24) is 9.88 Å². The van der Waals surface area contributed by atoms with Gasteiger partial charge in [0, 0.05) is 36.4 Å². The Bertz CT molecular complexity index is 708. The van der Waals surface area contributed by atoms with E-state index in [2.05, 4.69) is 5.32 Å². The fourth-order valence-corrected chi connectivity index (χ4v) is 2.16. The first kappa shape index (κ1) is 15.3. The average molecular weight is 309 g/mol. The molecule has 110 valence electrons. The van der Waals surface area contributed by atoms with Gasteiger partial charge in [-0.25, -0.2) is 4.39 Å². The summed E-state index contributed by atoms with van der Waals surface area (Å²) in [6.07, 6.45) is 1.75. The van der Waals surface area contributed by atoms with E-state index >= 15 is 0 Å². The first-order valence-electron chi connectivity index (χ1n) is 6.37. The van der Waals surface area contributed by atoms with Gasteiger partial charge in [-0.2, -0.15) is 0 Å². The van der Waals surface area contributed by atoms with Crippen molar-refractivity contribution in [1.29, 1.82) is 0 Å². The van der Waals surface area contributed by atoms with Crippen molar-refractivity contribution in [2.45, 2.75) is 6.42 Å². The minimum Gasteiger partial charge on any atom is -0.352 e. The number of nitrogens with zero attached hydrogens (tertiary/aromatic N) is 1. The molecule has 0 atom stereocenters. The zero-order valence-electron chi connectivity index (χ0n) is 11.4. The maximum absolute atomic E-state index is 13.6. The van der Waals surface area contributed by atoms with Gasteiger partial charge >= 0.3 is 0 Å². The second-order valence-electron chi connectivity index (χ2n) is 4.57. The molecule has 0 aliphatic heterocycles. The molecule has 0 aliphatic carbocycles. The summed E-state index contributed by atoms with van der Waals surface area (Å²) in [7, 11) is 1.57. The molecule has 0 saturated carbocycles. The lowest BCUT2D eigenvalue weighted by Crippen LogP contribution is -2.27. The van der Waals surface area contributed by atoms with Crippen LogP contribution >= 0.6 is 11.6 Å². The highest BCUT2D eigenvalue weighted by molar-refractivity contribution is 6.31. The van der Waals surface area contributed by atoms with Gasteiger partial charge in [0.1, 0.15) is 5.82 Å². The maximum Gasteiger partial charge on any atom is 0.252 e. The summed E-state index contributed by atoms with van der Waals surface area (Å²) in [5.74, 6) is -0.711. The van der Waals surface area contributed by atoms with Crippen molar-refractivity contribution in [2.24, 2.45) is 7.05 Å². The molecule has 0 fully saturated rings. The van der Waals surface area contributed by atoms with Crippen LogP contribution in [-0.2, 0) is 13.5 Å². The van der Waals surface area contributed by atoms with Crippen molar-refractivity contribution in [3.63, 3.8) is 0 Å². The van der Waals surface area contributed by atoms with Gasteiger partial charge in [0.15, 0.2) is 0 Å². The first-order chi connectivity index (χ1) is 9.99. The standard InChI is InChI=1S/C15H14ClFN2O2/c1-19-9-10(5-6-14(19)20)15(21)18-8-7-11-12(16)3-2-4-13(11)17/h2-6,9H,7-8H2,1H3,(H,18,21). The number of carbonyl (C=O) groups is 1. The summed E-state index contributed by atoms with van der Waals surface area (Å²) < 4.78 is 14.9. The quantitative estimate of drug-likeness (QED) is 0.941. The Morgan fingerprint density at radius 3 is 2.76 bits per heavy atom. The molecular weight excluding hydrogens is 295 g/mol. The van der Waals surface area contributed by atoms with Gasteiger partial charge in [-0.05, 0) is 24.6 Å². The number of pyridine rings is 1. The van der Waals surface area contributed by atoms with Gasteiger partial charge in [-0.15, -0.1) is 0 Å². The van der Waals surface area contributed by atoms with Crippen molar-refractivity contribution < 1.29 is 9.18 Å². The Balaban J connectivity index is 1.98. The SMILES string of the molecule is Cn1cc(C(=O)NCCc2c(F)cccc2Cl)ccc1=O. The van der Waals surface area contributed by atoms with E-state index in [0.29, 0.717) is 22.6 Å². The number of hydrogen-bond acceptors (Lipinski definition) is 2. The molecule has 1 amide bonds. The number of aryl methyl sites for hydroxylation is 1. The molecule has 0 bridgehead atoms. The lowest BCUT2D eigenvalue weighted by Gasteiger charge is -2.08.